The van der Waals surface area contributed by atoms with Crippen molar-refractivity contribution in [2.45, 2.75) is 18.8 Å². The molecule has 1 aromatic rings. The lowest BCUT2D eigenvalue weighted by molar-refractivity contribution is 0.363. The highest BCUT2D eigenvalue weighted by Gasteiger charge is 2.21. The lowest BCUT2D eigenvalue weighted by atomic mass is 9.89. The minimum atomic E-state index is 0.235. The topological polar surface area (TPSA) is 41.5 Å². The molecule has 0 atom stereocenters. The number of phenols is 1. The molecule has 1 aliphatic rings. The highest BCUT2D eigenvalue weighted by atomic mass is 35.5. The van der Waals surface area contributed by atoms with Gasteiger partial charge in [-0.15, -0.1) is 0 Å². The van der Waals surface area contributed by atoms with Crippen LogP contribution in [0.2, 0.25) is 5.02 Å². The number of nitrogens with one attached hydrogen (secondary N) is 1. The molecule has 4 heteroatoms. The molecule has 0 bridgehead atoms. The summed E-state index contributed by atoms with van der Waals surface area (Å²) in [5.74, 6) is 1.06. The maximum atomic E-state index is 10.1. The number of hydrogen-bond donors (Lipinski definition) is 2. The van der Waals surface area contributed by atoms with Crippen LogP contribution in [0.3, 0.4) is 0 Å². The Labute approximate surface area is 100 Å². The summed E-state index contributed by atoms with van der Waals surface area (Å²) >= 11 is 6.01. The fourth-order valence-electron chi connectivity index (χ4n) is 2.19. The smallest absolute Gasteiger partial charge is 0.162 e. The summed E-state index contributed by atoms with van der Waals surface area (Å²) in [4.78, 5) is 0. The second kappa shape index (κ2) is 4.93. The molecule has 3 nitrogen and oxygen atoms in total. The summed E-state index contributed by atoms with van der Waals surface area (Å²) in [6.45, 7) is 1.97. The molecule has 1 fully saturated rings. The summed E-state index contributed by atoms with van der Waals surface area (Å²) in [6, 6.07) is 3.48. The summed E-state index contributed by atoms with van der Waals surface area (Å²) in [5, 5.41) is 14.0. The second-order valence-electron chi connectivity index (χ2n) is 4.07. The Balaban J connectivity index is 2.34. The van der Waals surface area contributed by atoms with Gasteiger partial charge in [0.05, 0.1) is 7.11 Å². The first-order chi connectivity index (χ1) is 7.72. The van der Waals surface area contributed by atoms with Crippen molar-refractivity contribution in [3.8, 4) is 11.5 Å². The predicted molar refractivity (Wildman–Crippen MR) is 64.5 cm³/mol. The van der Waals surface area contributed by atoms with E-state index in [1.54, 1.807) is 6.07 Å². The number of rotatable bonds is 2. The van der Waals surface area contributed by atoms with E-state index >= 15 is 0 Å². The zero-order chi connectivity index (χ0) is 11.5. The largest absolute Gasteiger partial charge is 0.504 e. The van der Waals surface area contributed by atoms with Gasteiger partial charge in [-0.25, -0.2) is 0 Å². The highest BCUT2D eigenvalue weighted by Crippen LogP contribution is 2.40. The third-order valence-corrected chi connectivity index (χ3v) is 3.29. The molecule has 88 valence electrons. The van der Waals surface area contributed by atoms with E-state index in [4.69, 9.17) is 16.3 Å². The average Bonchev–Trinajstić information content (AvgIpc) is 2.33. The molecule has 2 rings (SSSR count). The Morgan fingerprint density at radius 1 is 1.38 bits per heavy atom. The van der Waals surface area contributed by atoms with E-state index in [9.17, 15) is 5.11 Å². The van der Waals surface area contributed by atoms with E-state index in [0.29, 0.717) is 16.7 Å². The molecule has 16 heavy (non-hydrogen) atoms. The molecule has 1 saturated heterocycles. The number of aromatic hydroxyl groups is 1. The van der Waals surface area contributed by atoms with Gasteiger partial charge in [0.25, 0.3) is 0 Å². The van der Waals surface area contributed by atoms with Crippen LogP contribution in [0, 0.1) is 0 Å². The van der Waals surface area contributed by atoms with Crippen LogP contribution in [-0.4, -0.2) is 25.3 Å². The number of halogens is 1. The molecule has 2 N–H and O–H groups in total. The molecule has 1 heterocycles. The molecule has 0 aliphatic carbocycles. The summed E-state index contributed by atoms with van der Waals surface area (Å²) < 4.78 is 5.11. The van der Waals surface area contributed by atoms with Crippen molar-refractivity contribution >= 4 is 11.6 Å². The Bertz CT molecular complexity index is 376. The van der Waals surface area contributed by atoms with Crippen molar-refractivity contribution < 1.29 is 9.84 Å². The highest BCUT2D eigenvalue weighted by molar-refractivity contribution is 6.30. The Kier molecular flexibility index (Phi) is 3.56. The van der Waals surface area contributed by atoms with Gasteiger partial charge < -0.3 is 15.2 Å². The molecule has 0 spiro atoms. The van der Waals surface area contributed by atoms with E-state index in [-0.39, 0.29) is 5.75 Å². The predicted octanol–water partition coefficient (Wildman–Crippen LogP) is 2.52. The van der Waals surface area contributed by atoms with E-state index < -0.39 is 0 Å². The minimum absolute atomic E-state index is 0.235. The van der Waals surface area contributed by atoms with E-state index in [0.717, 1.165) is 31.5 Å². The van der Waals surface area contributed by atoms with Crippen LogP contribution in [-0.2, 0) is 0 Å². The summed E-state index contributed by atoms with van der Waals surface area (Å²) in [7, 11) is 1.54. The van der Waals surface area contributed by atoms with Crippen molar-refractivity contribution in [2.75, 3.05) is 20.2 Å². The molecule has 1 aromatic carbocycles. The number of ether oxygens (including phenoxy) is 1. The van der Waals surface area contributed by atoms with Gasteiger partial charge >= 0.3 is 0 Å². The van der Waals surface area contributed by atoms with Crippen molar-refractivity contribution in [3.63, 3.8) is 0 Å². The molecular weight excluding hydrogens is 226 g/mol. The van der Waals surface area contributed by atoms with Crippen molar-refractivity contribution in [1.82, 2.24) is 5.32 Å². The minimum Gasteiger partial charge on any atom is -0.504 e. The third kappa shape index (κ3) is 2.25. The fraction of sp³-hybridized carbons (Fsp3) is 0.500. The quantitative estimate of drug-likeness (QED) is 0.836. The number of phenolic OH excluding ortho intramolecular Hbond substituents is 1. The average molecular weight is 242 g/mol. The van der Waals surface area contributed by atoms with E-state index in [1.165, 1.54) is 7.11 Å². The molecule has 0 saturated carbocycles. The van der Waals surface area contributed by atoms with Crippen LogP contribution in [0.4, 0.5) is 0 Å². The SMILES string of the molecule is COc1cc(Cl)cc(C2CCNCC2)c1O. The number of piperidine rings is 1. The normalized spacial score (nSPS) is 17.4. The monoisotopic (exact) mass is 241 g/mol. The number of benzene rings is 1. The molecule has 0 unspecified atom stereocenters. The van der Waals surface area contributed by atoms with E-state index in [1.807, 2.05) is 6.07 Å². The van der Waals surface area contributed by atoms with Crippen LogP contribution in [0.5, 0.6) is 11.5 Å². The van der Waals surface area contributed by atoms with Gasteiger partial charge in [0.15, 0.2) is 11.5 Å². The van der Waals surface area contributed by atoms with Crippen LogP contribution in [0.1, 0.15) is 24.3 Å². The standard InChI is InChI=1S/C12H16ClNO2/c1-16-11-7-9(13)6-10(12(11)15)8-2-4-14-5-3-8/h6-8,14-15H,2-5H2,1H3. The van der Waals surface area contributed by atoms with Crippen molar-refractivity contribution in [1.29, 1.82) is 0 Å². The zero-order valence-electron chi connectivity index (χ0n) is 9.29. The first-order valence-corrected chi connectivity index (χ1v) is 5.87. The van der Waals surface area contributed by atoms with Crippen molar-refractivity contribution in [2.24, 2.45) is 0 Å². The Hall–Kier alpha value is -0.930. The molecule has 0 aromatic heterocycles. The van der Waals surface area contributed by atoms with Gasteiger partial charge in [-0.3, -0.25) is 0 Å². The number of methoxy groups -OCH3 is 1. The van der Waals surface area contributed by atoms with Gasteiger partial charge in [-0.05, 0) is 37.9 Å². The van der Waals surface area contributed by atoms with E-state index in [2.05, 4.69) is 5.32 Å². The zero-order valence-corrected chi connectivity index (χ0v) is 10.0. The van der Waals surface area contributed by atoms with Gasteiger partial charge in [0, 0.05) is 16.7 Å². The molecule has 0 amide bonds. The first-order valence-electron chi connectivity index (χ1n) is 5.49. The van der Waals surface area contributed by atoms with Crippen LogP contribution >= 0.6 is 11.6 Å². The second-order valence-corrected chi connectivity index (χ2v) is 4.51. The Morgan fingerprint density at radius 2 is 2.06 bits per heavy atom. The number of hydrogen-bond acceptors (Lipinski definition) is 3. The molecule has 1 aliphatic heterocycles. The van der Waals surface area contributed by atoms with Gasteiger partial charge in [0.2, 0.25) is 0 Å². The van der Waals surface area contributed by atoms with Gasteiger partial charge in [-0.2, -0.15) is 0 Å². The Morgan fingerprint density at radius 3 is 2.69 bits per heavy atom. The van der Waals surface area contributed by atoms with Gasteiger partial charge in [-0.1, -0.05) is 11.6 Å². The fourth-order valence-corrected chi connectivity index (χ4v) is 2.41. The summed E-state index contributed by atoms with van der Waals surface area (Å²) in [5.41, 5.74) is 0.908. The molecular formula is C12H16ClNO2. The van der Waals surface area contributed by atoms with Crippen LogP contribution in [0.25, 0.3) is 0 Å². The van der Waals surface area contributed by atoms with Crippen LogP contribution < -0.4 is 10.1 Å². The first kappa shape index (κ1) is 11.6. The molecule has 0 radical (unpaired) electrons. The maximum Gasteiger partial charge on any atom is 0.162 e. The lowest BCUT2D eigenvalue weighted by Crippen LogP contribution is -2.26. The van der Waals surface area contributed by atoms with Crippen LogP contribution in [0.15, 0.2) is 12.1 Å². The lowest BCUT2D eigenvalue weighted by Gasteiger charge is -2.24. The third-order valence-electron chi connectivity index (χ3n) is 3.07. The van der Waals surface area contributed by atoms with Gasteiger partial charge in [0.1, 0.15) is 0 Å². The maximum absolute atomic E-state index is 10.1. The van der Waals surface area contributed by atoms with Crippen molar-refractivity contribution in [3.05, 3.63) is 22.7 Å². The summed E-state index contributed by atoms with van der Waals surface area (Å²) in [6.07, 6.45) is 2.05.